The van der Waals surface area contributed by atoms with Crippen molar-refractivity contribution in [3.05, 3.63) is 59.2 Å². The maximum atomic E-state index is 12.2. The van der Waals surface area contributed by atoms with E-state index < -0.39 is 10.0 Å². The normalized spacial score (nSPS) is 13.8. The predicted molar refractivity (Wildman–Crippen MR) is 91.2 cm³/mol. The third-order valence-corrected chi connectivity index (χ3v) is 4.95. The number of nitrogens with one attached hydrogen (secondary N) is 2. The van der Waals surface area contributed by atoms with Crippen LogP contribution >= 0.6 is 0 Å². The summed E-state index contributed by atoms with van der Waals surface area (Å²) < 4.78 is 32.2. The molecule has 24 heavy (non-hydrogen) atoms. The van der Waals surface area contributed by atoms with Crippen LogP contribution in [0.4, 0.5) is 5.69 Å². The molecule has 0 aliphatic carbocycles. The molecular formula is C17H18N2O4S. The van der Waals surface area contributed by atoms with Gasteiger partial charge in [0, 0.05) is 6.54 Å². The summed E-state index contributed by atoms with van der Waals surface area (Å²) >= 11 is 0. The SMILES string of the molecule is Cc1ccc(CS(=O)(=O)NCc2ccc3c(c2)NC(=O)CO3)cc1. The lowest BCUT2D eigenvalue weighted by molar-refractivity contribution is -0.118. The fourth-order valence-electron chi connectivity index (χ4n) is 2.39. The highest BCUT2D eigenvalue weighted by molar-refractivity contribution is 7.88. The Hall–Kier alpha value is -2.38. The molecule has 1 amide bonds. The number of rotatable bonds is 5. The van der Waals surface area contributed by atoms with E-state index in [0.29, 0.717) is 11.4 Å². The zero-order valence-electron chi connectivity index (χ0n) is 13.2. The first-order valence-electron chi connectivity index (χ1n) is 7.50. The standard InChI is InChI=1S/C17H18N2O4S/c1-12-2-4-13(5-3-12)11-24(21,22)18-9-14-6-7-16-15(8-14)19-17(20)10-23-16/h2-8,18H,9-11H2,1H3,(H,19,20). The zero-order valence-corrected chi connectivity index (χ0v) is 14.0. The lowest BCUT2D eigenvalue weighted by Crippen LogP contribution is -2.26. The van der Waals surface area contributed by atoms with Crippen LogP contribution < -0.4 is 14.8 Å². The summed E-state index contributed by atoms with van der Waals surface area (Å²) in [7, 11) is -3.45. The summed E-state index contributed by atoms with van der Waals surface area (Å²) in [5.74, 6) is 0.290. The molecule has 0 saturated heterocycles. The molecule has 6 nitrogen and oxygen atoms in total. The van der Waals surface area contributed by atoms with Crippen LogP contribution in [0.5, 0.6) is 5.75 Å². The molecule has 0 fully saturated rings. The minimum atomic E-state index is -3.45. The summed E-state index contributed by atoms with van der Waals surface area (Å²) in [6.07, 6.45) is 0. The quantitative estimate of drug-likeness (QED) is 0.867. The topological polar surface area (TPSA) is 84.5 Å². The number of aryl methyl sites for hydroxylation is 1. The lowest BCUT2D eigenvalue weighted by atomic mass is 10.1. The van der Waals surface area contributed by atoms with Gasteiger partial charge in [-0.25, -0.2) is 13.1 Å². The third kappa shape index (κ3) is 4.12. The van der Waals surface area contributed by atoms with E-state index in [-0.39, 0.29) is 24.8 Å². The molecule has 1 heterocycles. The van der Waals surface area contributed by atoms with Crippen LogP contribution in [0.25, 0.3) is 0 Å². The average Bonchev–Trinajstić information content (AvgIpc) is 2.54. The molecule has 0 saturated carbocycles. The summed E-state index contributed by atoms with van der Waals surface area (Å²) in [4.78, 5) is 11.3. The molecule has 7 heteroatoms. The van der Waals surface area contributed by atoms with E-state index in [0.717, 1.165) is 16.7 Å². The van der Waals surface area contributed by atoms with Crippen LogP contribution in [0, 0.1) is 6.92 Å². The van der Waals surface area contributed by atoms with Gasteiger partial charge in [-0.15, -0.1) is 0 Å². The lowest BCUT2D eigenvalue weighted by Gasteiger charge is -2.18. The smallest absolute Gasteiger partial charge is 0.262 e. The molecule has 2 aromatic carbocycles. The number of hydrogen-bond donors (Lipinski definition) is 2. The van der Waals surface area contributed by atoms with Gasteiger partial charge in [0.05, 0.1) is 11.4 Å². The Morgan fingerprint density at radius 3 is 2.58 bits per heavy atom. The second-order valence-electron chi connectivity index (χ2n) is 5.73. The van der Waals surface area contributed by atoms with Crippen molar-refractivity contribution in [2.24, 2.45) is 0 Å². The Morgan fingerprint density at radius 2 is 1.83 bits per heavy atom. The van der Waals surface area contributed by atoms with Crippen molar-refractivity contribution in [2.75, 3.05) is 11.9 Å². The fourth-order valence-corrected chi connectivity index (χ4v) is 3.51. The highest BCUT2D eigenvalue weighted by Gasteiger charge is 2.17. The number of ether oxygens (including phenoxy) is 1. The van der Waals surface area contributed by atoms with E-state index in [1.54, 1.807) is 30.3 Å². The van der Waals surface area contributed by atoms with Crippen molar-refractivity contribution in [2.45, 2.75) is 19.2 Å². The molecule has 0 unspecified atom stereocenters. The second kappa shape index (κ2) is 6.62. The summed E-state index contributed by atoms with van der Waals surface area (Å²) in [6, 6.07) is 12.6. The molecule has 2 aromatic rings. The van der Waals surface area contributed by atoms with E-state index in [2.05, 4.69) is 10.0 Å². The van der Waals surface area contributed by atoms with Gasteiger partial charge in [-0.1, -0.05) is 35.9 Å². The minimum absolute atomic E-state index is 0.00444. The number of hydrogen-bond acceptors (Lipinski definition) is 4. The van der Waals surface area contributed by atoms with E-state index in [9.17, 15) is 13.2 Å². The Morgan fingerprint density at radius 1 is 1.12 bits per heavy atom. The van der Waals surface area contributed by atoms with E-state index in [1.807, 2.05) is 19.1 Å². The van der Waals surface area contributed by atoms with Crippen LogP contribution in [0.2, 0.25) is 0 Å². The molecule has 126 valence electrons. The molecule has 0 atom stereocenters. The average molecular weight is 346 g/mol. The fraction of sp³-hybridized carbons (Fsp3) is 0.235. The van der Waals surface area contributed by atoms with E-state index in [4.69, 9.17) is 4.74 Å². The number of sulfonamides is 1. The molecule has 1 aliphatic rings. The molecule has 0 spiro atoms. The highest BCUT2D eigenvalue weighted by atomic mass is 32.2. The van der Waals surface area contributed by atoms with Crippen molar-refractivity contribution < 1.29 is 17.9 Å². The molecular weight excluding hydrogens is 328 g/mol. The van der Waals surface area contributed by atoms with Crippen molar-refractivity contribution >= 4 is 21.6 Å². The van der Waals surface area contributed by atoms with Crippen LogP contribution in [0.15, 0.2) is 42.5 Å². The molecule has 0 radical (unpaired) electrons. The second-order valence-corrected chi connectivity index (χ2v) is 7.54. The van der Waals surface area contributed by atoms with Gasteiger partial charge >= 0.3 is 0 Å². The monoisotopic (exact) mass is 346 g/mol. The van der Waals surface area contributed by atoms with Crippen molar-refractivity contribution in [1.82, 2.24) is 4.72 Å². The van der Waals surface area contributed by atoms with Gasteiger partial charge in [0.1, 0.15) is 5.75 Å². The predicted octanol–water partition coefficient (Wildman–Crippen LogP) is 1.95. The highest BCUT2D eigenvalue weighted by Crippen LogP contribution is 2.28. The summed E-state index contributed by atoms with van der Waals surface area (Å²) in [6.45, 7) is 2.10. The van der Waals surface area contributed by atoms with E-state index in [1.165, 1.54) is 0 Å². The first-order valence-corrected chi connectivity index (χ1v) is 9.15. The summed E-state index contributed by atoms with van der Waals surface area (Å²) in [5, 5.41) is 2.70. The molecule has 0 bridgehead atoms. The van der Waals surface area contributed by atoms with Gasteiger partial charge in [-0.2, -0.15) is 0 Å². The Kier molecular flexibility index (Phi) is 4.55. The number of carbonyl (C=O) groups is 1. The number of benzene rings is 2. The van der Waals surface area contributed by atoms with Crippen LogP contribution in [-0.4, -0.2) is 20.9 Å². The van der Waals surface area contributed by atoms with Gasteiger partial charge in [0.25, 0.3) is 5.91 Å². The van der Waals surface area contributed by atoms with Gasteiger partial charge in [0.2, 0.25) is 10.0 Å². The van der Waals surface area contributed by atoms with Crippen LogP contribution in [0.1, 0.15) is 16.7 Å². The van der Waals surface area contributed by atoms with Gasteiger partial charge in [-0.3, -0.25) is 4.79 Å². The van der Waals surface area contributed by atoms with Gasteiger partial charge < -0.3 is 10.1 Å². The molecule has 1 aliphatic heterocycles. The molecule has 3 rings (SSSR count). The first kappa shape index (κ1) is 16.5. The number of fused-ring (bicyclic) bond motifs is 1. The maximum absolute atomic E-state index is 12.2. The Balaban J connectivity index is 1.65. The van der Waals surface area contributed by atoms with Crippen molar-refractivity contribution in [3.8, 4) is 5.75 Å². The molecule has 2 N–H and O–H groups in total. The first-order chi connectivity index (χ1) is 11.4. The van der Waals surface area contributed by atoms with Crippen LogP contribution in [-0.2, 0) is 27.1 Å². The van der Waals surface area contributed by atoms with Gasteiger partial charge in [0.15, 0.2) is 6.61 Å². The number of anilines is 1. The van der Waals surface area contributed by atoms with Gasteiger partial charge in [-0.05, 0) is 30.2 Å². The zero-order chi connectivity index (χ0) is 17.2. The van der Waals surface area contributed by atoms with Crippen molar-refractivity contribution in [3.63, 3.8) is 0 Å². The number of carbonyl (C=O) groups excluding carboxylic acids is 1. The Labute approximate surface area is 140 Å². The van der Waals surface area contributed by atoms with Crippen molar-refractivity contribution in [1.29, 1.82) is 0 Å². The minimum Gasteiger partial charge on any atom is -0.482 e. The summed E-state index contributed by atoms with van der Waals surface area (Å²) in [5.41, 5.74) is 3.12. The maximum Gasteiger partial charge on any atom is 0.262 e. The van der Waals surface area contributed by atoms with Crippen LogP contribution in [0.3, 0.4) is 0 Å². The third-order valence-electron chi connectivity index (χ3n) is 3.65. The Bertz CT molecular complexity index is 861. The number of amides is 1. The largest absolute Gasteiger partial charge is 0.482 e. The molecule has 0 aromatic heterocycles. The van der Waals surface area contributed by atoms with E-state index >= 15 is 0 Å².